The minimum absolute atomic E-state index is 0.321. The fourth-order valence-corrected chi connectivity index (χ4v) is 3.44. The maximum atomic E-state index is 14.4. The predicted octanol–water partition coefficient (Wildman–Crippen LogP) is 4.63. The Morgan fingerprint density at radius 2 is 2.00 bits per heavy atom. The Morgan fingerprint density at radius 3 is 2.77 bits per heavy atom. The summed E-state index contributed by atoms with van der Waals surface area (Å²) in [6.45, 7) is 3.15. The molecule has 2 aliphatic carbocycles. The van der Waals surface area contributed by atoms with Gasteiger partial charge in [0, 0.05) is 24.3 Å². The highest BCUT2D eigenvalue weighted by Gasteiger charge is 2.36. The maximum Gasteiger partial charge on any atom is 0.223 e. The molecule has 26 heavy (non-hydrogen) atoms. The first kappa shape index (κ1) is 17.2. The zero-order valence-electron chi connectivity index (χ0n) is 15.3. The van der Waals surface area contributed by atoms with Crippen LogP contribution in [0.4, 0.5) is 16.2 Å². The van der Waals surface area contributed by atoms with Crippen LogP contribution in [0.15, 0.2) is 24.5 Å². The minimum Gasteiger partial charge on any atom is -0.370 e. The number of rotatable bonds is 6. The van der Waals surface area contributed by atoms with Crippen molar-refractivity contribution in [1.29, 1.82) is 0 Å². The molecule has 5 nitrogen and oxygen atoms in total. The Bertz CT molecular complexity index is 769. The lowest BCUT2D eigenvalue weighted by Gasteiger charge is -2.22. The lowest BCUT2D eigenvalue weighted by molar-refractivity contribution is 0.460. The first-order valence-corrected chi connectivity index (χ1v) is 9.61. The van der Waals surface area contributed by atoms with Gasteiger partial charge in [-0.25, -0.2) is 19.3 Å². The topological polar surface area (TPSA) is 62.7 Å². The molecule has 0 aromatic carbocycles. The Kier molecular flexibility index (Phi) is 4.74. The van der Waals surface area contributed by atoms with E-state index in [0.29, 0.717) is 23.1 Å². The van der Waals surface area contributed by atoms with Crippen molar-refractivity contribution < 1.29 is 4.39 Å². The largest absolute Gasteiger partial charge is 0.370 e. The van der Waals surface area contributed by atoms with Crippen LogP contribution in [0.1, 0.15) is 51.9 Å². The van der Waals surface area contributed by atoms with E-state index in [-0.39, 0.29) is 0 Å². The highest BCUT2D eigenvalue weighted by molar-refractivity contribution is 5.64. The zero-order chi connectivity index (χ0) is 18.0. The van der Waals surface area contributed by atoms with Crippen molar-refractivity contribution in [3.8, 4) is 11.3 Å². The van der Waals surface area contributed by atoms with Crippen LogP contribution in [-0.4, -0.2) is 27.5 Å². The summed E-state index contributed by atoms with van der Waals surface area (Å²) in [5.74, 6) is 0.853. The van der Waals surface area contributed by atoms with E-state index >= 15 is 0 Å². The van der Waals surface area contributed by atoms with E-state index in [1.807, 2.05) is 6.07 Å². The molecule has 0 saturated heterocycles. The van der Waals surface area contributed by atoms with Crippen LogP contribution in [0.3, 0.4) is 0 Å². The van der Waals surface area contributed by atoms with Crippen molar-refractivity contribution in [2.75, 3.05) is 17.2 Å². The Labute approximate surface area is 153 Å². The molecule has 0 spiro atoms. The number of halogens is 1. The van der Waals surface area contributed by atoms with Gasteiger partial charge in [-0.05, 0) is 43.2 Å². The van der Waals surface area contributed by atoms with Gasteiger partial charge in [-0.3, -0.25) is 0 Å². The van der Waals surface area contributed by atoms with Crippen molar-refractivity contribution in [3.05, 3.63) is 30.3 Å². The van der Waals surface area contributed by atoms with E-state index < -0.39 is 5.82 Å². The van der Waals surface area contributed by atoms with Gasteiger partial charge in [0.25, 0.3) is 0 Å². The van der Waals surface area contributed by atoms with Crippen LogP contribution in [0.5, 0.6) is 0 Å². The van der Waals surface area contributed by atoms with E-state index in [0.717, 1.165) is 30.8 Å². The normalized spacial score (nSPS) is 19.2. The van der Waals surface area contributed by atoms with Gasteiger partial charge in [-0.1, -0.05) is 26.2 Å². The molecule has 0 radical (unpaired) electrons. The molecule has 0 aliphatic heterocycles. The number of aromatic nitrogens is 3. The lowest BCUT2D eigenvalue weighted by atomic mass is 9.96. The van der Waals surface area contributed by atoms with E-state index in [1.54, 1.807) is 12.3 Å². The van der Waals surface area contributed by atoms with Crippen molar-refractivity contribution in [1.82, 2.24) is 15.0 Å². The number of pyridine rings is 1. The molecule has 2 aliphatic rings. The predicted molar refractivity (Wildman–Crippen MR) is 102 cm³/mol. The average Bonchev–Trinajstić information content (AvgIpc) is 3.41. The lowest BCUT2D eigenvalue weighted by Crippen LogP contribution is -2.23. The molecule has 2 aromatic rings. The van der Waals surface area contributed by atoms with Gasteiger partial charge in [0.15, 0.2) is 5.82 Å². The van der Waals surface area contributed by atoms with Gasteiger partial charge in [0.2, 0.25) is 5.95 Å². The van der Waals surface area contributed by atoms with Crippen LogP contribution in [0.25, 0.3) is 11.3 Å². The number of hydrogen-bond acceptors (Lipinski definition) is 5. The summed E-state index contributed by atoms with van der Waals surface area (Å²) in [7, 11) is 0. The molecule has 0 bridgehead atoms. The second-order valence-electron chi connectivity index (χ2n) is 7.96. The molecular weight excluding hydrogens is 329 g/mol. The molecule has 6 heteroatoms. The molecule has 2 N–H and O–H groups in total. The van der Waals surface area contributed by atoms with Crippen LogP contribution < -0.4 is 10.6 Å². The van der Waals surface area contributed by atoms with Crippen LogP contribution >= 0.6 is 0 Å². The van der Waals surface area contributed by atoms with Gasteiger partial charge in [-0.15, -0.1) is 0 Å². The first-order valence-electron chi connectivity index (χ1n) is 9.61. The Hall–Kier alpha value is -2.24. The second-order valence-corrected chi connectivity index (χ2v) is 7.96. The van der Waals surface area contributed by atoms with E-state index in [9.17, 15) is 4.39 Å². The third kappa shape index (κ3) is 4.11. The smallest absolute Gasteiger partial charge is 0.223 e. The number of nitrogens with one attached hydrogen (secondary N) is 2. The van der Waals surface area contributed by atoms with Gasteiger partial charge in [-0.2, -0.15) is 0 Å². The fraction of sp³-hybridized carbons (Fsp3) is 0.550. The molecule has 2 saturated carbocycles. The maximum absolute atomic E-state index is 14.4. The molecule has 4 rings (SSSR count). The molecule has 2 aromatic heterocycles. The van der Waals surface area contributed by atoms with E-state index in [4.69, 9.17) is 0 Å². The second kappa shape index (κ2) is 7.17. The summed E-state index contributed by atoms with van der Waals surface area (Å²) in [4.78, 5) is 12.9. The number of nitrogens with zero attached hydrogens (tertiary/aromatic N) is 3. The average molecular weight is 355 g/mol. The minimum atomic E-state index is -0.412. The fourth-order valence-electron chi connectivity index (χ4n) is 3.44. The quantitative estimate of drug-likeness (QED) is 0.791. The summed E-state index contributed by atoms with van der Waals surface area (Å²) < 4.78 is 14.4. The van der Waals surface area contributed by atoms with Gasteiger partial charge >= 0.3 is 0 Å². The van der Waals surface area contributed by atoms with E-state index in [2.05, 4.69) is 32.5 Å². The monoisotopic (exact) mass is 355 g/mol. The number of hydrogen-bond donors (Lipinski definition) is 2. The van der Waals surface area contributed by atoms with Crippen molar-refractivity contribution in [3.63, 3.8) is 0 Å². The third-order valence-corrected chi connectivity index (χ3v) is 5.52. The summed E-state index contributed by atoms with van der Waals surface area (Å²) in [5, 5.41) is 6.73. The summed E-state index contributed by atoms with van der Waals surface area (Å²) in [6.07, 6.45) is 11.4. The molecule has 2 heterocycles. The van der Waals surface area contributed by atoms with Gasteiger partial charge in [0.1, 0.15) is 11.5 Å². The highest BCUT2D eigenvalue weighted by Crippen LogP contribution is 2.44. The highest BCUT2D eigenvalue weighted by atomic mass is 19.1. The molecule has 138 valence electrons. The molecule has 0 atom stereocenters. The molecular formula is C20H26FN5. The molecule has 2 fully saturated rings. The Morgan fingerprint density at radius 1 is 1.19 bits per heavy atom. The Balaban J connectivity index is 1.51. The van der Waals surface area contributed by atoms with E-state index in [1.165, 1.54) is 38.3 Å². The van der Waals surface area contributed by atoms with Crippen molar-refractivity contribution in [2.45, 2.75) is 57.9 Å². The van der Waals surface area contributed by atoms with Gasteiger partial charge in [0.05, 0.1) is 6.20 Å². The van der Waals surface area contributed by atoms with Crippen molar-refractivity contribution >= 4 is 11.8 Å². The van der Waals surface area contributed by atoms with Crippen LogP contribution in [-0.2, 0) is 0 Å². The zero-order valence-corrected chi connectivity index (χ0v) is 15.3. The van der Waals surface area contributed by atoms with Crippen LogP contribution in [0, 0.1) is 11.2 Å². The van der Waals surface area contributed by atoms with Gasteiger partial charge < -0.3 is 10.6 Å². The van der Waals surface area contributed by atoms with Crippen molar-refractivity contribution in [2.24, 2.45) is 5.41 Å². The summed E-state index contributed by atoms with van der Waals surface area (Å²) in [6, 6.07) is 4.04. The number of anilines is 2. The van der Waals surface area contributed by atoms with Crippen LogP contribution in [0.2, 0.25) is 0 Å². The molecule has 0 amide bonds. The SMILES string of the molecule is CC1(CNc2cc(-c3nc(NC4CCCCC4)ncc3F)ccn2)CC1. The molecule has 0 unspecified atom stereocenters. The summed E-state index contributed by atoms with van der Waals surface area (Å²) >= 11 is 0. The first-order chi connectivity index (χ1) is 12.6. The standard InChI is InChI=1S/C20H26FN5/c1-20(8-9-20)13-24-17-11-14(7-10-22-17)18-16(21)12-23-19(26-18)25-15-5-3-2-4-6-15/h7,10-12,15H,2-6,8-9,13H2,1H3,(H,22,24)(H,23,25,26). The third-order valence-electron chi connectivity index (χ3n) is 5.52. The summed E-state index contributed by atoms with van der Waals surface area (Å²) in [5.41, 5.74) is 1.42.